The summed E-state index contributed by atoms with van der Waals surface area (Å²) in [5, 5.41) is 13.4. The largest absolute Gasteiger partial charge is 0.493 e. The van der Waals surface area contributed by atoms with E-state index in [-0.39, 0.29) is 18.9 Å². The summed E-state index contributed by atoms with van der Waals surface area (Å²) >= 11 is 0. The van der Waals surface area contributed by atoms with Crippen LogP contribution in [0.25, 0.3) is 10.8 Å². The van der Waals surface area contributed by atoms with E-state index in [1.54, 1.807) is 36.4 Å². The number of fused-ring (bicyclic) bond motifs is 1. The van der Waals surface area contributed by atoms with Gasteiger partial charge in [0.05, 0.1) is 36.0 Å². The van der Waals surface area contributed by atoms with E-state index >= 15 is 0 Å². The number of azo groups is 1. The third-order valence-electron chi connectivity index (χ3n) is 6.10. The lowest BCUT2D eigenvalue weighted by Gasteiger charge is -2.11. The number of anilines is 2. The molecule has 19 heteroatoms. The zero-order valence-corrected chi connectivity index (χ0v) is 28.5. The maximum atomic E-state index is 12.9. The Morgan fingerprint density at radius 3 is 2.10 bits per heavy atom. The minimum absolute atomic E-state index is 0.0563. The molecule has 0 bridgehead atoms. The number of nitrogens with one attached hydrogen (secondary N) is 1. The maximum Gasteiger partial charge on any atom is 0.425 e. The van der Waals surface area contributed by atoms with Crippen molar-refractivity contribution in [2.45, 2.75) is 26.7 Å². The molecule has 0 aliphatic rings. The van der Waals surface area contributed by atoms with Crippen LogP contribution >= 0.6 is 0 Å². The van der Waals surface area contributed by atoms with Crippen LogP contribution < -0.4 is 20.5 Å². The molecule has 1 amide bonds. The Morgan fingerprint density at radius 1 is 0.857 bits per heavy atom. The lowest BCUT2D eigenvalue weighted by Crippen LogP contribution is -2.11. The lowest BCUT2D eigenvalue weighted by atomic mass is 10.1. The van der Waals surface area contributed by atoms with Gasteiger partial charge in [0.15, 0.2) is 0 Å². The van der Waals surface area contributed by atoms with Crippen LogP contribution in [-0.2, 0) is 31.3 Å². The van der Waals surface area contributed by atoms with Crippen molar-refractivity contribution in [2.75, 3.05) is 30.0 Å². The van der Waals surface area contributed by atoms with E-state index in [4.69, 9.17) is 45.0 Å². The average Bonchev–Trinajstić information content (AvgIpc) is 3.01. The second-order valence-corrected chi connectivity index (χ2v) is 12.2. The van der Waals surface area contributed by atoms with Crippen molar-refractivity contribution >= 4 is 70.8 Å². The van der Waals surface area contributed by atoms with Crippen LogP contribution in [0.5, 0.6) is 11.5 Å². The number of carbonyl (C=O) groups excluding carboxylic acids is 1. The van der Waals surface area contributed by atoms with Gasteiger partial charge in [0.2, 0.25) is 0 Å². The molecule has 4 aromatic carbocycles. The van der Waals surface area contributed by atoms with Crippen molar-refractivity contribution in [1.82, 2.24) is 0 Å². The van der Waals surface area contributed by atoms with Gasteiger partial charge in [-0.05, 0) is 85.3 Å². The summed E-state index contributed by atoms with van der Waals surface area (Å²) < 4.78 is 92.6. The summed E-state index contributed by atoms with van der Waals surface area (Å²) in [7, 11) is -10.3. The van der Waals surface area contributed by atoms with Crippen molar-refractivity contribution < 1.29 is 52.5 Å². The van der Waals surface area contributed by atoms with Gasteiger partial charge in [-0.3, -0.25) is 9.35 Å². The molecule has 0 heterocycles. The number of nitrogens with zero attached hydrogens (tertiary/aromatic N) is 2. The smallest absolute Gasteiger partial charge is 0.425 e. The standard InChI is InChI=1S/C30H32N4O6S.2O3S/c1-3-14-39-28-7-4-6-22-18-24(12-13-25(22)28)32-30(35)21-8-10-23(11-9-21)33-34-27-19-29(26(31)17-20(27)2)40-15-5-16-41(36,37)38;2*1-4(2)3/h4,6-13,17-19H,3,5,14-16,31H2,1-2H3,(H,32,35)(H,36,37,38);;. The highest BCUT2D eigenvalue weighted by molar-refractivity contribution is 7.85. The minimum Gasteiger partial charge on any atom is -0.493 e. The quantitative estimate of drug-likeness (QED) is 0.0763. The van der Waals surface area contributed by atoms with E-state index in [9.17, 15) is 13.2 Å². The first kappa shape index (κ1) is 39.9. The second kappa shape index (κ2) is 19.5. The number of carbonyl (C=O) groups is 1. The molecule has 0 aliphatic heterocycles. The van der Waals surface area contributed by atoms with E-state index in [1.807, 2.05) is 43.3 Å². The summed E-state index contributed by atoms with van der Waals surface area (Å²) in [5.74, 6) is 0.499. The Hall–Kier alpha value is -5.24. The number of aryl methyl sites for hydroxylation is 1. The van der Waals surface area contributed by atoms with Gasteiger partial charge in [0.1, 0.15) is 11.5 Å². The molecule has 4 aromatic rings. The monoisotopic (exact) mass is 736 g/mol. The van der Waals surface area contributed by atoms with Crippen LogP contribution in [0.3, 0.4) is 0 Å². The molecule has 0 saturated carbocycles. The van der Waals surface area contributed by atoms with Gasteiger partial charge in [-0.1, -0.05) is 19.1 Å². The fourth-order valence-electron chi connectivity index (χ4n) is 4.02. The number of hydrogen-bond donors (Lipinski definition) is 3. The zero-order valence-electron chi connectivity index (χ0n) is 26.1. The van der Waals surface area contributed by atoms with E-state index < -0.39 is 37.1 Å². The zero-order chi connectivity index (χ0) is 36.6. The SMILES string of the molecule is CCCOc1cccc2cc(NC(=O)c3ccc(N=Nc4cc(OCCCS(=O)(=O)O)c(N)cc4C)cc3)ccc12.O=S(=O)=O.O=S(=O)=O. The van der Waals surface area contributed by atoms with Crippen molar-refractivity contribution in [1.29, 1.82) is 0 Å². The maximum absolute atomic E-state index is 12.9. The summed E-state index contributed by atoms with van der Waals surface area (Å²) in [4.78, 5) is 12.9. The van der Waals surface area contributed by atoms with Gasteiger partial charge in [-0.25, -0.2) is 0 Å². The number of nitrogens with two attached hydrogens (primary N) is 1. The van der Waals surface area contributed by atoms with E-state index in [0.29, 0.717) is 40.7 Å². The highest BCUT2D eigenvalue weighted by Gasteiger charge is 2.10. The number of ether oxygens (including phenoxy) is 2. The molecule has 0 saturated heterocycles. The molecule has 49 heavy (non-hydrogen) atoms. The van der Waals surface area contributed by atoms with Gasteiger partial charge in [0, 0.05) is 22.7 Å². The molecule has 262 valence electrons. The van der Waals surface area contributed by atoms with Crippen molar-refractivity contribution in [2.24, 2.45) is 10.2 Å². The Bertz CT molecular complexity index is 2080. The summed E-state index contributed by atoms with van der Waals surface area (Å²) in [6.45, 7) is 4.58. The van der Waals surface area contributed by atoms with Gasteiger partial charge < -0.3 is 20.5 Å². The molecule has 4 rings (SSSR count). The topological polar surface area (TPSA) is 255 Å². The van der Waals surface area contributed by atoms with Crippen LogP contribution in [0.4, 0.5) is 22.7 Å². The first-order valence-corrected chi connectivity index (χ1v) is 17.7. The predicted octanol–water partition coefficient (Wildman–Crippen LogP) is 4.84. The number of rotatable bonds is 12. The Labute approximate surface area is 284 Å². The van der Waals surface area contributed by atoms with Crippen molar-refractivity contribution in [3.8, 4) is 11.5 Å². The van der Waals surface area contributed by atoms with E-state index in [2.05, 4.69) is 22.5 Å². The molecule has 0 fully saturated rings. The molecule has 0 atom stereocenters. The first-order valence-electron chi connectivity index (χ1n) is 14.1. The first-order chi connectivity index (χ1) is 23.1. The van der Waals surface area contributed by atoms with Crippen LogP contribution in [0, 0.1) is 6.92 Å². The Morgan fingerprint density at radius 2 is 1.49 bits per heavy atom. The molecular formula is C30H32N4O12S3. The molecule has 0 spiro atoms. The van der Waals surface area contributed by atoms with Crippen LogP contribution in [-0.4, -0.2) is 63.1 Å². The third-order valence-corrected chi connectivity index (χ3v) is 6.90. The highest BCUT2D eigenvalue weighted by Crippen LogP contribution is 2.32. The summed E-state index contributed by atoms with van der Waals surface area (Å²) in [5.41, 5.74) is 9.35. The molecule has 0 aliphatic carbocycles. The molecule has 4 N–H and O–H groups in total. The normalized spacial score (nSPS) is 10.7. The minimum atomic E-state index is -4.05. The van der Waals surface area contributed by atoms with E-state index in [0.717, 1.165) is 28.5 Å². The summed E-state index contributed by atoms with van der Waals surface area (Å²) in [6, 6.07) is 21.6. The summed E-state index contributed by atoms with van der Waals surface area (Å²) in [6.07, 6.45) is 1.03. The number of nitrogen functional groups attached to an aromatic ring is 1. The number of amides is 1. The average molecular weight is 737 g/mol. The molecule has 0 aromatic heterocycles. The lowest BCUT2D eigenvalue weighted by molar-refractivity contribution is 0.102. The van der Waals surface area contributed by atoms with E-state index in [1.165, 1.54) is 0 Å². The van der Waals surface area contributed by atoms with Crippen LogP contribution in [0.2, 0.25) is 0 Å². The predicted molar refractivity (Wildman–Crippen MR) is 180 cm³/mol. The third kappa shape index (κ3) is 15.0. The highest BCUT2D eigenvalue weighted by atomic mass is 32.2. The molecule has 0 radical (unpaired) electrons. The molecular weight excluding hydrogens is 705 g/mol. The Balaban J connectivity index is 0.000000939. The van der Waals surface area contributed by atoms with Gasteiger partial charge in [-0.15, -0.1) is 25.3 Å². The van der Waals surface area contributed by atoms with Crippen LogP contribution in [0.15, 0.2) is 83.0 Å². The Kier molecular flexibility index (Phi) is 15.9. The van der Waals surface area contributed by atoms with Gasteiger partial charge >= 0.3 is 21.2 Å². The molecule has 0 unspecified atom stereocenters. The number of hydrogen-bond acceptors (Lipinski definition) is 14. The van der Waals surface area contributed by atoms with Gasteiger partial charge in [0.25, 0.3) is 16.0 Å². The molecule has 16 nitrogen and oxygen atoms in total. The van der Waals surface area contributed by atoms with Crippen LogP contribution in [0.1, 0.15) is 35.7 Å². The van der Waals surface area contributed by atoms with Crippen molar-refractivity contribution in [3.63, 3.8) is 0 Å². The number of benzene rings is 4. The van der Waals surface area contributed by atoms with Crippen molar-refractivity contribution in [3.05, 3.63) is 83.9 Å². The second-order valence-electron chi connectivity index (χ2n) is 9.81. The fourth-order valence-corrected chi connectivity index (χ4v) is 4.50. The van der Waals surface area contributed by atoms with Gasteiger partial charge in [-0.2, -0.15) is 18.6 Å². The fraction of sp³-hybridized carbons (Fsp3) is 0.233.